The van der Waals surface area contributed by atoms with Crippen LogP contribution >= 0.6 is 12.2 Å². The van der Waals surface area contributed by atoms with Gasteiger partial charge < -0.3 is 5.73 Å². The Bertz CT molecular complexity index is 329. The number of piperazine rings is 1. The van der Waals surface area contributed by atoms with Crippen LogP contribution < -0.4 is 5.73 Å². The van der Waals surface area contributed by atoms with E-state index in [1.54, 1.807) is 0 Å². The van der Waals surface area contributed by atoms with Crippen molar-refractivity contribution in [1.82, 2.24) is 9.80 Å². The van der Waals surface area contributed by atoms with Gasteiger partial charge in [0.15, 0.2) is 0 Å². The van der Waals surface area contributed by atoms with Crippen LogP contribution in [0.3, 0.4) is 0 Å². The Kier molecular flexibility index (Phi) is 4.85. The highest BCUT2D eigenvalue weighted by Gasteiger charge is 2.34. The Morgan fingerprint density at radius 2 is 2.11 bits per heavy atom. The molecule has 2 aliphatic rings. The first-order chi connectivity index (χ1) is 8.90. The molecule has 0 amide bonds. The lowest BCUT2D eigenvalue weighted by molar-refractivity contribution is 0.0573. The number of nitrogens with two attached hydrogens (primary N) is 1. The molecular weight excluding hydrogens is 254 g/mol. The smallest absolute Gasteiger partial charge is 0.0784 e. The van der Waals surface area contributed by atoms with Crippen molar-refractivity contribution < 1.29 is 0 Å². The van der Waals surface area contributed by atoms with E-state index in [9.17, 15) is 0 Å². The van der Waals surface area contributed by atoms with Gasteiger partial charge in [-0.25, -0.2) is 0 Å². The molecule has 0 bridgehead atoms. The van der Waals surface area contributed by atoms with Crippen molar-refractivity contribution in [3.63, 3.8) is 0 Å². The Hall–Kier alpha value is -0.190. The molecule has 0 aromatic rings. The fraction of sp³-hybridized carbons (Fsp3) is 0.933. The summed E-state index contributed by atoms with van der Waals surface area (Å²) < 4.78 is 0. The van der Waals surface area contributed by atoms with E-state index in [2.05, 4.69) is 30.6 Å². The molecular formula is C15H29N3S. The second kappa shape index (κ2) is 6.06. The third kappa shape index (κ3) is 3.67. The summed E-state index contributed by atoms with van der Waals surface area (Å²) in [7, 11) is 0. The van der Waals surface area contributed by atoms with Gasteiger partial charge in [-0.3, -0.25) is 9.80 Å². The topological polar surface area (TPSA) is 32.5 Å². The SMILES string of the molecule is CC1CN2CCCC2CN1CCCC(C)(C)C(N)=S. The molecule has 2 rings (SSSR count). The summed E-state index contributed by atoms with van der Waals surface area (Å²) in [5.74, 6) is 0. The summed E-state index contributed by atoms with van der Waals surface area (Å²) >= 11 is 5.14. The van der Waals surface area contributed by atoms with Gasteiger partial charge in [0.1, 0.15) is 0 Å². The lowest BCUT2D eigenvalue weighted by Crippen LogP contribution is -2.55. The summed E-state index contributed by atoms with van der Waals surface area (Å²) in [5.41, 5.74) is 5.81. The zero-order valence-corrected chi connectivity index (χ0v) is 13.5. The lowest BCUT2D eigenvalue weighted by atomic mass is 9.87. The van der Waals surface area contributed by atoms with Crippen LogP contribution in [0.1, 0.15) is 46.5 Å². The predicted octanol–water partition coefficient (Wildman–Crippen LogP) is 2.25. The second-order valence-corrected chi connectivity index (χ2v) is 7.43. The highest BCUT2D eigenvalue weighted by atomic mass is 32.1. The normalized spacial score (nSPS) is 29.4. The Balaban J connectivity index is 1.78. The highest BCUT2D eigenvalue weighted by Crippen LogP contribution is 2.26. The van der Waals surface area contributed by atoms with Crippen LogP contribution in [-0.4, -0.2) is 53.1 Å². The van der Waals surface area contributed by atoms with E-state index < -0.39 is 0 Å². The zero-order valence-electron chi connectivity index (χ0n) is 12.7. The van der Waals surface area contributed by atoms with Gasteiger partial charge in [-0.1, -0.05) is 26.1 Å². The van der Waals surface area contributed by atoms with Crippen LogP contribution in [0, 0.1) is 5.41 Å². The largest absolute Gasteiger partial charge is 0.393 e. The van der Waals surface area contributed by atoms with Gasteiger partial charge in [-0.05, 0) is 45.7 Å². The van der Waals surface area contributed by atoms with Gasteiger partial charge in [0.2, 0.25) is 0 Å². The average molecular weight is 283 g/mol. The molecule has 0 aliphatic carbocycles. The van der Waals surface area contributed by atoms with Crippen LogP contribution in [-0.2, 0) is 0 Å². The van der Waals surface area contributed by atoms with E-state index in [-0.39, 0.29) is 5.41 Å². The van der Waals surface area contributed by atoms with Crippen molar-refractivity contribution >= 4 is 17.2 Å². The van der Waals surface area contributed by atoms with Crippen molar-refractivity contribution in [3.05, 3.63) is 0 Å². The van der Waals surface area contributed by atoms with E-state index in [0.717, 1.165) is 12.5 Å². The van der Waals surface area contributed by atoms with Gasteiger partial charge in [0, 0.05) is 30.6 Å². The molecule has 0 saturated carbocycles. The summed E-state index contributed by atoms with van der Waals surface area (Å²) in [6, 6.07) is 1.52. The van der Waals surface area contributed by atoms with Gasteiger partial charge in [0.25, 0.3) is 0 Å². The average Bonchev–Trinajstić information content (AvgIpc) is 2.75. The van der Waals surface area contributed by atoms with Gasteiger partial charge in [-0.2, -0.15) is 0 Å². The van der Waals surface area contributed by atoms with Crippen molar-refractivity contribution in [2.45, 2.75) is 58.5 Å². The standard InChI is InChI=1S/C15H29N3S/c1-12-10-18-8-4-6-13(18)11-17(12)9-5-7-15(2,3)14(16)19/h12-13H,4-11H2,1-3H3,(H2,16,19). The van der Waals surface area contributed by atoms with Crippen LogP contribution in [0.5, 0.6) is 0 Å². The quantitative estimate of drug-likeness (QED) is 0.785. The maximum Gasteiger partial charge on any atom is 0.0784 e. The van der Waals surface area contributed by atoms with Crippen molar-refractivity contribution in [2.75, 3.05) is 26.2 Å². The first-order valence-corrected chi connectivity index (χ1v) is 8.09. The third-order valence-electron chi connectivity index (χ3n) is 4.98. The van der Waals surface area contributed by atoms with Gasteiger partial charge in [0.05, 0.1) is 4.99 Å². The minimum absolute atomic E-state index is 0.00769. The summed E-state index contributed by atoms with van der Waals surface area (Å²) in [6.45, 7) is 11.7. The molecule has 0 spiro atoms. The summed E-state index contributed by atoms with van der Waals surface area (Å²) in [4.78, 5) is 6.00. The second-order valence-electron chi connectivity index (χ2n) is 6.99. The maximum atomic E-state index is 5.80. The van der Waals surface area contributed by atoms with Crippen LogP contribution in [0.15, 0.2) is 0 Å². The Morgan fingerprint density at radius 3 is 2.79 bits per heavy atom. The van der Waals surface area contributed by atoms with E-state index >= 15 is 0 Å². The monoisotopic (exact) mass is 283 g/mol. The molecule has 3 nitrogen and oxygen atoms in total. The molecule has 2 N–H and O–H groups in total. The molecule has 2 fully saturated rings. The van der Waals surface area contributed by atoms with E-state index in [4.69, 9.17) is 18.0 Å². The highest BCUT2D eigenvalue weighted by molar-refractivity contribution is 7.80. The Morgan fingerprint density at radius 1 is 1.37 bits per heavy atom. The van der Waals surface area contributed by atoms with Crippen LogP contribution in [0.4, 0.5) is 0 Å². The minimum Gasteiger partial charge on any atom is -0.393 e. The molecule has 2 unspecified atom stereocenters. The Labute approximate surface area is 123 Å². The number of nitrogens with zero attached hydrogens (tertiary/aromatic N) is 2. The summed E-state index contributed by atoms with van der Waals surface area (Å²) in [5, 5.41) is 0. The van der Waals surface area contributed by atoms with Gasteiger partial charge in [-0.15, -0.1) is 0 Å². The summed E-state index contributed by atoms with van der Waals surface area (Å²) in [6.07, 6.45) is 5.07. The molecule has 2 saturated heterocycles. The maximum absolute atomic E-state index is 5.80. The molecule has 110 valence electrons. The molecule has 4 heteroatoms. The van der Waals surface area contributed by atoms with Crippen LogP contribution in [0.2, 0.25) is 0 Å². The first kappa shape index (κ1) is 15.2. The van der Waals surface area contributed by atoms with Crippen molar-refractivity contribution in [3.8, 4) is 0 Å². The first-order valence-electron chi connectivity index (χ1n) is 7.68. The van der Waals surface area contributed by atoms with Crippen LogP contribution in [0.25, 0.3) is 0 Å². The molecule has 0 aromatic heterocycles. The molecule has 2 atom stereocenters. The van der Waals surface area contributed by atoms with Crippen molar-refractivity contribution in [1.29, 1.82) is 0 Å². The van der Waals surface area contributed by atoms with Gasteiger partial charge >= 0.3 is 0 Å². The fourth-order valence-corrected chi connectivity index (χ4v) is 3.51. The molecule has 2 aliphatic heterocycles. The van der Waals surface area contributed by atoms with E-state index in [1.165, 1.54) is 45.4 Å². The van der Waals surface area contributed by atoms with E-state index in [1.807, 2.05) is 0 Å². The van der Waals surface area contributed by atoms with E-state index in [0.29, 0.717) is 11.0 Å². The van der Waals surface area contributed by atoms with Crippen molar-refractivity contribution in [2.24, 2.45) is 11.1 Å². The molecule has 2 heterocycles. The molecule has 0 radical (unpaired) electrons. The number of hydrogen-bond donors (Lipinski definition) is 1. The minimum atomic E-state index is 0.00769. The lowest BCUT2D eigenvalue weighted by Gasteiger charge is -2.42. The predicted molar refractivity (Wildman–Crippen MR) is 85.4 cm³/mol. The third-order valence-corrected chi connectivity index (χ3v) is 5.53. The fourth-order valence-electron chi connectivity index (χ4n) is 3.41. The number of thiocarbonyl (C=S) groups is 1. The number of hydrogen-bond acceptors (Lipinski definition) is 3. The number of rotatable bonds is 5. The molecule has 19 heavy (non-hydrogen) atoms. The molecule has 0 aromatic carbocycles. The number of fused-ring (bicyclic) bond motifs is 1. The zero-order chi connectivity index (χ0) is 14.0.